The van der Waals surface area contributed by atoms with Crippen LogP contribution in [0.2, 0.25) is 0 Å². The molecule has 3 aromatic rings. The molecule has 2 aromatic carbocycles. The summed E-state index contributed by atoms with van der Waals surface area (Å²) >= 11 is 5.08. The number of anilines is 1. The van der Waals surface area contributed by atoms with E-state index in [9.17, 15) is 0 Å². The summed E-state index contributed by atoms with van der Waals surface area (Å²) in [6.07, 6.45) is 1.79. The number of nitrogens with one attached hydrogen (secondary N) is 1. The Morgan fingerprint density at radius 2 is 2.04 bits per heavy atom. The average Bonchev–Trinajstić information content (AvgIpc) is 3.14. The van der Waals surface area contributed by atoms with E-state index in [2.05, 4.69) is 31.4 Å². The molecule has 0 amide bonds. The molecule has 0 spiro atoms. The molecule has 0 aliphatic rings. The molecule has 0 aliphatic carbocycles. The highest BCUT2D eigenvalue weighted by Gasteiger charge is 2.13. The number of hydrogen-bond donors (Lipinski definition) is 1. The lowest BCUT2D eigenvalue weighted by Crippen LogP contribution is -2.08. The Morgan fingerprint density at radius 1 is 1.25 bits per heavy atom. The van der Waals surface area contributed by atoms with Gasteiger partial charge in [0.05, 0.1) is 29.1 Å². The van der Waals surface area contributed by atoms with E-state index in [4.69, 9.17) is 9.47 Å². The SMILES string of the molecule is CCOc1cc(C=NNc2nc(-c3ccccc3)cs2)cc(Br)c1OC(C)C. The van der Waals surface area contributed by atoms with Gasteiger partial charge in [-0.25, -0.2) is 4.98 Å². The van der Waals surface area contributed by atoms with E-state index >= 15 is 0 Å². The number of halogens is 1. The minimum atomic E-state index is 0.0559. The lowest BCUT2D eigenvalue weighted by molar-refractivity contribution is 0.222. The predicted octanol–water partition coefficient (Wildman–Crippen LogP) is 6.20. The van der Waals surface area contributed by atoms with Crippen molar-refractivity contribution >= 4 is 38.6 Å². The van der Waals surface area contributed by atoms with Crippen LogP contribution in [0.3, 0.4) is 0 Å². The van der Waals surface area contributed by atoms with Crippen molar-refractivity contribution in [3.8, 4) is 22.8 Å². The molecule has 0 fully saturated rings. The van der Waals surface area contributed by atoms with Crippen LogP contribution in [0.15, 0.2) is 57.4 Å². The van der Waals surface area contributed by atoms with E-state index in [-0.39, 0.29) is 6.10 Å². The van der Waals surface area contributed by atoms with Crippen LogP contribution in [0.1, 0.15) is 26.3 Å². The summed E-state index contributed by atoms with van der Waals surface area (Å²) in [5.74, 6) is 1.39. The summed E-state index contributed by atoms with van der Waals surface area (Å²) in [5.41, 5.74) is 5.89. The van der Waals surface area contributed by atoms with E-state index in [0.717, 1.165) is 26.4 Å². The molecule has 0 bridgehead atoms. The Morgan fingerprint density at radius 3 is 2.75 bits per heavy atom. The van der Waals surface area contributed by atoms with Crippen molar-refractivity contribution in [1.82, 2.24) is 4.98 Å². The summed E-state index contributed by atoms with van der Waals surface area (Å²) in [5, 5.41) is 7.05. The van der Waals surface area contributed by atoms with Crippen molar-refractivity contribution < 1.29 is 9.47 Å². The topological polar surface area (TPSA) is 55.7 Å². The average molecular weight is 460 g/mol. The van der Waals surface area contributed by atoms with Crippen molar-refractivity contribution in [2.45, 2.75) is 26.9 Å². The van der Waals surface area contributed by atoms with Gasteiger partial charge in [-0.1, -0.05) is 30.3 Å². The van der Waals surface area contributed by atoms with Crippen LogP contribution in [-0.2, 0) is 0 Å². The number of aromatic nitrogens is 1. The van der Waals surface area contributed by atoms with Gasteiger partial charge in [0.1, 0.15) is 0 Å². The molecule has 0 aliphatic heterocycles. The van der Waals surface area contributed by atoms with E-state index in [1.165, 1.54) is 11.3 Å². The first-order chi connectivity index (χ1) is 13.6. The molecule has 0 unspecified atom stereocenters. The van der Waals surface area contributed by atoms with Crippen molar-refractivity contribution in [2.24, 2.45) is 5.10 Å². The quantitative estimate of drug-likeness (QED) is 0.321. The van der Waals surface area contributed by atoms with Crippen molar-refractivity contribution in [1.29, 1.82) is 0 Å². The maximum absolute atomic E-state index is 5.86. The minimum absolute atomic E-state index is 0.0559. The van der Waals surface area contributed by atoms with Gasteiger partial charge in [-0.05, 0) is 54.4 Å². The highest BCUT2D eigenvalue weighted by Crippen LogP contribution is 2.37. The second-order valence-electron chi connectivity index (χ2n) is 6.20. The normalized spacial score (nSPS) is 11.2. The minimum Gasteiger partial charge on any atom is -0.490 e. The third-order valence-electron chi connectivity index (χ3n) is 3.63. The molecule has 7 heteroatoms. The van der Waals surface area contributed by atoms with Crippen molar-refractivity contribution in [3.63, 3.8) is 0 Å². The van der Waals surface area contributed by atoms with Gasteiger partial charge in [-0.15, -0.1) is 11.3 Å². The van der Waals surface area contributed by atoms with E-state index < -0.39 is 0 Å². The maximum Gasteiger partial charge on any atom is 0.203 e. The maximum atomic E-state index is 5.86. The summed E-state index contributed by atoms with van der Waals surface area (Å²) in [7, 11) is 0. The Kier molecular flexibility index (Phi) is 7.06. The third-order valence-corrected chi connectivity index (χ3v) is 4.97. The molecule has 1 aromatic heterocycles. The summed E-state index contributed by atoms with van der Waals surface area (Å²) in [6, 6.07) is 13.9. The molecule has 28 heavy (non-hydrogen) atoms. The van der Waals surface area contributed by atoms with Gasteiger partial charge < -0.3 is 9.47 Å². The van der Waals surface area contributed by atoms with E-state index in [0.29, 0.717) is 18.1 Å². The van der Waals surface area contributed by atoms with Crippen LogP contribution in [0, 0.1) is 0 Å². The fourth-order valence-corrected chi connectivity index (χ4v) is 3.73. The highest BCUT2D eigenvalue weighted by molar-refractivity contribution is 9.10. The Hall–Kier alpha value is -2.38. The lowest BCUT2D eigenvalue weighted by atomic mass is 10.2. The second kappa shape index (κ2) is 9.71. The first-order valence-electron chi connectivity index (χ1n) is 8.99. The number of benzene rings is 2. The van der Waals surface area contributed by atoms with Gasteiger partial charge in [0.15, 0.2) is 11.5 Å². The second-order valence-corrected chi connectivity index (χ2v) is 7.92. The van der Waals surface area contributed by atoms with Gasteiger partial charge in [0.2, 0.25) is 5.13 Å². The largest absolute Gasteiger partial charge is 0.490 e. The number of rotatable bonds is 8. The van der Waals surface area contributed by atoms with Gasteiger partial charge in [0.25, 0.3) is 0 Å². The monoisotopic (exact) mass is 459 g/mol. The van der Waals surface area contributed by atoms with Crippen LogP contribution in [-0.4, -0.2) is 23.9 Å². The molecule has 0 radical (unpaired) electrons. The van der Waals surface area contributed by atoms with Crippen LogP contribution in [0.4, 0.5) is 5.13 Å². The standard InChI is InChI=1S/C21H22BrN3O2S/c1-4-26-19-11-15(10-17(22)20(19)27-14(2)3)12-23-25-21-24-18(13-28-21)16-8-6-5-7-9-16/h5-14H,4H2,1-3H3,(H,24,25). The van der Waals surface area contributed by atoms with Crippen molar-refractivity contribution in [2.75, 3.05) is 12.0 Å². The fraction of sp³-hybridized carbons (Fsp3) is 0.238. The third kappa shape index (κ3) is 5.33. The predicted molar refractivity (Wildman–Crippen MR) is 120 cm³/mol. The summed E-state index contributed by atoms with van der Waals surface area (Å²) in [6.45, 7) is 6.47. The molecular weight excluding hydrogens is 438 g/mol. The lowest BCUT2D eigenvalue weighted by Gasteiger charge is -2.16. The Labute approximate surface area is 177 Å². The first kappa shape index (κ1) is 20.4. The van der Waals surface area contributed by atoms with Crippen LogP contribution < -0.4 is 14.9 Å². The van der Waals surface area contributed by atoms with Gasteiger partial charge in [0, 0.05) is 10.9 Å². The van der Waals surface area contributed by atoms with E-state index in [1.807, 2.05) is 68.6 Å². The van der Waals surface area contributed by atoms with Gasteiger partial charge in [-0.2, -0.15) is 5.10 Å². The zero-order chi connectivity index (χ0) is 19.9. The molecule has 0 atom stereocenters. The van der Waals surface area contributed by atoms with Crippen molar-refractivity contribution in [3.05, 3.63) is 57.9 Å². The van der Waals surface area contributed by atoms with E-state index in [1.54, 1.807) is 6.21 Å². The molecule has 3 rings (SSSR count). The smallest absolute Gasteiger partial charge is 0.203 e. The number of nitrogens with zero attached hydrogens (tertiary/aromatic N) is 2. The molecule has 5 nitrogen and oxygen atoms in total. The fourth-order valence-electron chi connectivity index (χ4n) is 2.50. The zero-order valence-electron chi connectivity index (χ0n) is 16.0. The molecule has 0 saturated carbocycles. The Bertz CT molecular complexity index is 942. The summed E-state index contributed by atoms with van der Waals surface area (Å²) < 4.78 is 12.4. The molecular formula is C21H22BrN3O2S. The number of hydrazone groups is 1. The molecule has 0 saturated heterocycles. The summed E-state index contributed by atoms with van der Waals surface area (Å²) in [4.78, 5) is 4.56. The number of ether oxygens (including phenoxy) is 2. The van der Waals surface area contributed by atoms with Crippen LogP contribution >= 0.6 is 27.3 Å². The Balaban J connectivity index is 1.73. The number of thiazole rings is 1. The van der Waals surface area contributed by atoms with Crippen LogP contribution in [0.25, 0.3) is 11.3 Å². The molecule has 1 heterocycles. The molecule has 146 valence electrons. The molecule has 1 N–H and O–H groups in total. The first-order valence-corrected chi connectivity index (χ1v) is 10.7. The number of hydrogen-bond acceptors (Lipinski definition) is 6. The van der Waals surface area contributed by atoms with Gasteiger partial charge in [-0.3, -0.25) is 5.43 Å². The zero-order valence-corrected chi connectivity index (χ0v) is 18.4. The van der Waals surface area contributed by atoms with Gasteiger partial charge >= 0.3 is 0 Å². The highest BCUT2D eigenvalue weighted by atomic mass is 79.9. The van der Waals surface area contributed by atoms with Crippen LogP contribution in [0.5, 0.6) is 11.5 Å².